The highest BCUT2D eigenvalue weighted by atomic mass is 79.9. The topological polar surface area (TPSA) is 69.2 Å². The molecule has 0 amide bonds. The Bertz CT molecular complexity index is 928. The van der Waals surface area contributed by atoms with Gasteiger partial charge in [-0.15, -0.1) is 18.3 Å². The molecule has 0 heterocycles. The van der Waals surface area contributed by atoms with Crippen molar-refractivity contribution in [3.8, 4) is 5.75 Å². The largest absolute Gasteiger partial charge is 0.525 e. The summed E-state index contributed by atoms with van der Waals surface area (Å²) in [5.41, 5.74) is 7.15. The van der Waals surface area contributed by atoms with Gasteiger partial charge >= 0.3 is 18.8 Å². The zero-order valence-electron chi connectivity index (χ0n) is 15.3. The number of halogens is 7. The summed E-state index contributed by atoms with van der Waals surface area (Å²) in [6, 6.07) is 13.0. The van der Waals surface area contributed by atoms with Crippen LogP contribution >= 0.6 is 27.7 Å². The molecule has 0 aliphatic carbocycles. The fourth-order valence-corrected chi connectivity index (χ4v) is 3.06. The van der Waals surface area contributed by atoms with Crippen LogP contribution in [0.5, 0.6) is 5.75 Å². The van der Waals surface area contributed by atoms with Crippen LogP contribution in [-0.4, -0.2) is 30.2 Å². The Hall–Kier alpha value is -2.25. The average molecular weight is 530 g/mol. The molecule has 0 aliphatic heterocycles. The average Bonchev–Trinajstić information content (AvgIpc) is 2.68. The van der Waals surface area contributed by atoms with Gasteiger partial charge in [0.15, 0.2) is 5.17 Å². The molecule has 2 aromatic rings. The van der Waals surface area contributed by atoms with Gasteiger partial charge in [-0.3, -0.25) is 0 Å². The molecule has 1 unspecified atom stereocenters. The first-order chi connectivity index (χ1) is 14.5. The maximum Gasteiger partial charge on any atom is 0.525 e. The summed E-state index contributed by atoms with van der Waals surface area (Å²) in [5.74, 6) is -0.0255. The molecule has 0 bridgehead atoms. The zero-order valence-corrected chi connectivity index (χ0v) is 17.7. The fraction of sp³-hybridized carbons (Fsp3) is 0.222. The highest BCUT2D eigenvalue weighted by molar-refractivity contribution is 9.10. The van der Waals surface area contributed by atoms with Crippen LogP contribution in [0, 0.1) is 0 Å². The van der Waals surface area contributed by atoms with Crippen molar-refractivity contribution in [3.05, 3.63) is 64.1 Å². The van der Waals surface area contributed by atoms with Gasteiger partial charge in [0.05, 0.1) is 10.7 Å². The SMILES string of the molecule is NC(=NN=Cc1ccc(OC(F)(F)C(F)OC(F)(F)F)c(Br)c1)SCc1ccccc1. The second-order valence-corrected chi connectivity index (χ2v) is 7.54. The lowest BCUT2D eigenvalue weighted by Gasteiger charge is -2.22. The molecule has 0 saturated heterocycles. The molecule has 168 valence electrons. The lowest BCUT2D eigenvalue weighted by Crippen LogP contribution is -2.41. The summed E-state index contributed by atoms with van der Waals surface area (Å²) in [7, 11) is 0. The summed E-state index contributed by atoms with van der Waals surface area (Å²) in [4.78, 5) is 0. The van der Waals surface area contributed by atoms with E-state index >= 15 is 0 Å². The number of rotatable bonds is 8. The van der Waals surface area contributed by atoms with E-state index in [0.29, 0.717) is 11.3 Å². The molecule has 5 nitrogen and oxygen atoms in total. The first-order valence-electron chi connectivity index (χ1n) is 8.24. The van der Waals surface area contributed by atoms with Crippen molar-refractivity contribution >= 4 is 39.1 Å². The van der Waals surface area contributed by atoms with Gasteiger partial charge in [-0.1, -0.05) is 42.1 Å². The minimum Gasteiger partial charge on any atom is -0.427 e. The van der Waals surface area contributed by atoms with E-state index in [0.717, 1.165) is 11.6 Å². The molecule has 13 heteroatoms. The number of benzene rings is 2. The van der Waals surface area contributed by atoms with Crippen molar-refractivity contribution < 1.29 is 35.8 Å². The monoisotopic (exact) mass is 529 g/mol. The van der Waals surface area contributed by atoms with E-state index in [-0.39, 0.29) is 9.64 Å². The molecule has 31 heavy (non-hydrogen) atoms. The predicted octanol–water partition coefficient (Wildman–Crippen LogP) is 5.83. The summed E-state index contributed by atoms with van der Waals surface area (Å²) < 4.78 is 82.5. The summed E-state index contributed by atoms with van der Waals surface area (Å²) in [6.45, 7) is 0. The molecule has 0 spiro atoms. The molecule has 0 fully saturated rings. The van der Waals surface area contributed by atoms with Crippen LogP contribution in [0.4, 0.5) is 26.3 Å². The number of alkyl halides is 6. The van der Waals surface area contributed by atoms with Gasteiger partial charge in [-0.2, -0.15) is 13.9 Å². The maximum atomic E-state index is 13.5. The zero-order chi connectivity index (χ0) is 23.1. The van der Waals surface area contributed by atoms with Crippen LogP contribution in [0.3, 0.4) is 0 Å². The number of hydrogen-bond acceptors (Lipinski definition) is 5. The third-order valence-corrected chi connectivity index (χ3v) is 4.77. The maximum absolute atomic E-state index is 13.5. The number of amidine groups is 1. The van der Waals surface area contributed by atoms with E-state index < -0.39 is 24.6 Å². The molecule has 2 aromatic carbocycles. The van der Waals surface area contributed by atoms with Crippen molar-refractivity contribution in [2.75, 3.05) is 0 Å². The molecule has 2 N–H and O–H groups in total. The lowest BCUT2D eigenvalue weighted by atomic mass is 10.2. The second-order valence-electron chi connectivity index (χ2n) is 5.69. The van der Waals surface area contributed by atoms with Crippen molar-refractivity contribution in [1.82, 2.24) is 0 Å². The molecule has 0 aromatic heterocycles. The second kappa shape index (κ2) is 10.9. The van der Waals surface area contributed by atoms with Crippen LogP contribution in [0.15, 0.2) is 63.2 Å². The highest BCUT2D eigenvalue weighted by Gasteiger charge is 2.50. The minimum atomic E-state index is -5.59. The van der Waals surface area contributed by atoms with E-state index in [9.17, 15) is 26.3 Å². The standard InChI is InChI=1S/C18H14BrF6N3O2S/c19-13-8-12(9-27-28-16(26)31-10-11-4-2-1-3-5-11)6-7-14(13)29-17(21,22)15(20)30-18(23,24)25/h1-9,15H,10H2,(H2,26,28). The smallest absolute Gasteiger partial charge is 0.427 e. The van der Waals surface area contributed by atoms with E-state index in [4.69, 9.17) is 5.73 Å². The molecular weight excluding hydrogens is 516 g/mol. The third-order valence-electron chi connectivity index (χ3n) is 3.30. The van der Waals surface area contributed by atoms with Crippen LogP contribution in [0.25, 0.3) is 0 Å². The van der Waals surface area contributed by atoms with Crippen molar-refractivity contribution in [2.45, 2.75) is 24.6 Å². The number of nitrogens with two attached hydrogens (primary N) is 1. The quantitative estimate of drug-likeness (QED) is 0.202. The van der Waals surface area contributed by atoms with Gasteiger partial charge in [0.2, 0.25) is 0 Å². The minimum absolute atomic E-state index is 0.0919. The molecule has 0 aliphatic rings. The van der Waals surface area contributed by atoms with E-state index in [2.05, 4.69) is 35.6 Å². The normalized spacial score (nSPS) is 14.1. The van der Waals surface area contributed by atoms with Crippen molar-refractivity contribution in [3.63, 3.8) is 0 Å². The Kier molecular flexibility index (Phi) is 8.77. The van der Waals surface area contributed by atoms with Gasteiger partial charge in [-0.05, 0) is 45.3 Å². The highest BCUT2D eigenvalue weighted by Crippen LogP contribution is 2.35. The molecular formula is C18H14BrF6N3O2S. The number of thioether (sulfide) groups is 1. The van der Waals surface area contributed by atoms with Gasteiger partial charge < -0.3 is 10.5 Å². The molecule has 0 saturated carbocycles. The Morgan fingerprint density at radius 2 is 1.81 bits per heavy atom. The van der Waals surface area contributed by atoms with Crippen LogP contribution in [0.1, 0.15) is 11.1 Å². The van der Waals surface area contributed by atoms with Crippen molar-refractivity contribution in [1.29, 1.82) is 0 Å². The number of ether oxygens (including phenoxy) is 2. The number of nitrogens with zero attached hydrogens (tertiary/aromatic N) is 2. The predicted molar refractivity (Wildman–Crippen MR) is 109 cm³/mol. The Labute approximate surface area is 185 Å². The summed E-state index contributed by atoms with van der Waals surface area (Å²) in [5, 5.41) is 7.75. The van der Waals surface area contributed by atoms with Gasteiger partial charge in [-0.25, -0.2) is 9.13 Å². The number of hydrogen-bond donors (Lipinski definition) is 1. The summed E-state index contributed by atoms with van der Waals surface area (Å²) >= 11 is 4.17. The van der Waals surface area contributed by atoms with Crippen LogP contribution in [-0.2, 0) is 10.5 Å². The van der Waals surface area contributed by atoms with Crippen LogP contribution < -0.4 is 10.5 Å². The lowest BCUT2D eigenvalue weighted by molar-refractivity contribution is -0.411. The van der Waals surface area contributed by atoms with E-state index in [1.165, 1.54) is 30.1 Å². The first kappa shape index (κ1) is 25.0. The Morgan fingerprint density at radius 3 is 2.42 bits per heavy atom. The summed E-state index contributed by atoms with van der Waals surface area (Å²) in [6.07, 6.45) is -13.3. The van der Waals surface area contributed by atoms with Crippen LogP contribution in [0.2, 0.25) is 0 Å². The van der Waals surface area contributed by atoms with E-state index in [1.54, 1.807) is 0 Å². The van der Waals surface area contributed by atoms with Gasteiger partial charge in [0.1, 0.15) is 5.75 Å². The fourth-order valence-electron chi connectivity index (χ4n) is 1.97. The third kappa shape index (κ3) is 8.79. The van der Waals surface area contributed by atoms with E-state index in [1.807, 2.05) is 30.3 Å². The molecule has 2 rings (SSSR count). The first-order valence-corrected chi connectivity index (χ1v) is 10.0. The molecule has 0 radical (unpaired) electrons. The van der Waals surface area contributed by atoms with Crippen molar-refractivity contribution in [2.24, 2.45) is 15.9 Å². The Balaban J connectivity index is 1.97. The Morgan fingerprint density at radius 1 is 1.13 bits per heavy atom. The van der Waals surface area contributed by atoms with Gasteiger partial charge in [0, 0.05) is 5.75 Å². The molecule has 1 atom stereocenters. The van der Waals surface area contributed by atoms with Gasteiger partial charge in [0.25, 0.3) is 0 Å².